The summed E-state index contributed by atoms with van der Waals surface area (Å²) in [5.74, 6) is -5.41. The van der Waals surface area contributed by atoms with E-state index in [-0.39, 0.29) is 36.7 Å². The van der Waals surface area contributed by atoms with E-state index >= 15 is 0 Å². The quantitative estimate of drug-likeness (QED) is 0.0975. The summed E-state index contributed by atoms with van der Waals surface area (Å²) in [6.45, 7) is 16.8. The molecule has 1 heterocycles. The van der Waals surface area contributed by atoms with Crippen molar-refractivity contribution < 1.29 is 38.3 Å². The van der Waals surface area contributed by atoms with Crippen LogP contribution in [0.4, 0.5) is 0 Å². The number of ether oxygens (including phenoxy) is 1. The van der Waals surface area contributed by atoms with Crippen LogP contribution in [-0.4, -0.2) is 114 Å². The van der Waals surface area contributed by atoms with Crippen LogP contribution in [-0.2, 0) is 44.7 Å². The molecule has 6 amide bonds. The van der Waals surface area contributed by atoms with E-state index in [1.54, 1.807) is 51.1 Å². The Labute approximate surface area is 360 Å². The summed E-state index contributed by atoms with van der Waals surface area (Å²) in [5, 5.41) is 15.1. The fraction of sp³-hybridized carbons (Fsp3) is 0.614. The number of esters is 1. The lowest BCUT2D eigenvalue weighted by Crippen LogP contribution is -2.58. The molecule has 4 N–H and O–H groups in total. The minimum absolute atomic E-state index is 0.0784. The summed E-state index contributed by atoms with van der Waals surface area (Å²) in [5.41, 5.74) is 11.2. The molecule has 1 aromatic carbocycles. The van der Waals surface area contributed by atoms with E-state index in [2.05, 4.69) is 31.3 Å². The van der Waals surface area contributed by atoms with E-state index in [0.29, 0.717) is 6.42 Å². The Morgan fingerprint density at radius 3 is 2.11 bits per heavy atom. The molecule has 9 atom stereocenters. The van der Waals surface area contributed by atoms with E-state index in [1.807, 2.05) is 39.8 Å². The molecule has 1 unspecified atom stereocenters. The highest BCUT2D eigenvalue weighted by molar-refractivity contribution is 5.96. The van der Waals surface area contributed by atoms with Crippen molar-refractivity contribution in [3.8, 4) is 0 Å². The van der Waals surface area contributed by atoms with Crippen molar-refractivity contribution in [1.82, 2.24) is 31.1 Å². The van der Waals surface area contributed by atoms with Crippen molar-refractivity contribution in [2.45, 2.75) is 137 Å². The van der Waals surface area contributed by atoms with Crippen molar-refractivity contribution in [2.24, 2.45) is 22.9 Å². The first kappa shape index (κ1) is 51.4. The molecule has 0 aromatic heterocycles. The first-order chi connectivity index (χ1) is 28.7. The zero-order valence-electron chi connectivity index (χ0n) is 37.9. The van der Waals surface area contributed by atoms with Crippen LogP contribution in [0, 0.1) is 17.8 Å². The summed E-state index contributed by atoms with van der Waals surface area (Å²) in [4.78, 5) is 102. The molecular formula is C44H67N9O8. The number of amides is 6. The highest BCUT2D eigenvalue weighted by Crippen LogP contribution is 2.23. The molecule has 1 aliphatic rings. The number of benzene rings is 1. The number of allylic oxidation sites excluding steroid dienone is 1. The summed E-state index contributed by atoms with van der Waals surface area (Å²) < 4.78 is 5.71. The second kappa shape index (κ2) is 24.5. The van der Waals surface area contributed by atoms with Gasteiger partial charge in [0.05, 0.1) is 12.6 Å². The molecule has 1 aliphatic heterocycles. The van der Waals surface area contributed by atoms with Gasteiger partial charge in [0.1, 0.15) is 24.2 Å². The number of hydrogen-bond donors (Lipinski definition) is 4. The van der Waals surface area contributed by atoms with Crippen LogP contribution in [0.2, 0.25) is 0 Å². The second-order valence-corrected chi connectivity index (χ2v) is 16.5. The summed E-state index contributed by atoms with van der Waals surface area (Å²) in [6, 6.07) is 3.22. The average molecular weight is 850 g/mol. The highest BCUT2D eigenvalue weighted by Gasteiger charge is 2.36. The van der Waals surface area contributed by atoms with Gasteiger partial charge in [-0.1, -0.05) is 94.2 Å². The standard InChI is InChI=1S/C44H67N9O8/c1-13-26(5)37-29(8)33(50-51-45)21-20-28(7)44(60)61-35(22-25(3)4)40(56)47-31(10)42(58)53(12)34(23-32-18-16-15-17-19-32)43(59)52(11)24-36(54)48-38(27(6)14-2)41(57)46-30(9)39(55)49-37/h13,15-20,25,27,29-31,33-35,37-38H,14,21-24H2,1-12H3,(H,46,57)(H,47,56)(H,48,54)(H,49,55)/b26-13+,28-20+/t27?,29-,30+,31-,33-,34+,35+,37+,38-/m0/s1. The van der Waals surface area contributed by atoms with Crippen LogP contribution in [0.25, 0.3) is 10.4 Å². The molecule has 17 nitrogen and oxygen atoms in total. The second-order valence-electron chi connectivity index (χ2n) is 16.5. The SMILES string of the molecule is C/C=C(\C)[C@H]1NC(=O)[C@@H](C)NC(=O)[C@H](C(C)CC)NC(=O)CN(C)C(=O)[C@@H](Cc2ccccc2)N(C)C(=O)[C@H](C)NC(=O)[C@@H](CC(C)C)OC(=O)/C(C)=C/C[C@H](N=[N+]=[N-])[C@@H]1C. The molecular weight excluding hydrogens is 783 g/mol. The average Bonchev–Trinajstić information content (AvgIpc) is 3.22. The molecule has 1 aromatic rings. The van der Waals surface area contributed by atoms with Gasteiger partial charge >= 0.3 is 5.97 Å². The van der Waals surface area contributed by atoms with Crippen LogP contribution in [0.5, 0.6) is 0 Å². The predicted molar refractivity (Wildman–Crippen MR) is 232 cm³/mol. The van der Waals surface area contributed by atoms with Gasteiger partial charge in [-0.25, -0.2) is 4.79 Å². The number of hydrogen-bond acceptors (Lipinski definition) is 9. The molecule has 0 saturated carbocycles. The number of azide groups is 1. The van der Waals surface area contributed by atoms with Crippen LogP contribution in [0.1, 0.15) is 94.1 Å². The number of nitrogens with one attached hydrogen (secondary N) is 4. The van der Waals surface area contributed by atoms with Gasteiger partial charge in [0.2, 0.25) is 29.5 Å². The monoisotopic (exact) mass is 850 g/mol. The highest BCUT2D eigenvalue weighted by atomic mass is 16.5. The van der Waals surface area contributed by atoms with E-state index < -0.39 is 96.2 Å². The Hall–Kier alpha value is -5.70. The van der Waals surface area contributed by atoms with Crippen LogP contribution in [0.3, 0.4) is 0 Å². The maximum Gasteiger partial charge on any atom is 0.334 e. The Morgan fingerprint density at radius 1 is 0.918 bits per heavy atom. The third-order valence-electron chi connectivity index (χ3n) is 11.2. The van der Waals surface area contributed by atoms with Crippen molar-refractivity contribution in [3.63, 3.8) is 0 Å². The summed E-state index contributed by atoms with van der Waals surface area (Å²) in [6.07, 6.45) is 2.88. The first-order valence-corrected chi connectivity index (χ1v) is 21.0. The molecule has 0 aliphatic carbocycles. The predicted octanol–water partition coefficient (Wildman–Crippen LogP) is 4.13. The number of carbonyl (C=O) groups excluding carboxylic acids is 7. The third-order valence-corrected chi connectivity index (χ3v) is 11.2. The van der Waals surface area contributed by atoms with Crippen molar-refractivity contribution in [3.05, 3.63) is 69.6 Å². The summed E-state index contributed by atoms with van der Waals surface area (Å²) >= 11 is 0. The van der Waals surface area contributed by atoms with Gasteiger partial charge in [-0.15, -0.1) is 0 Å². The normalized spacial score (nSPS) is 28.0. The van der Waals surface area contributed by atoms with Crippen molar-refractivity contribution >= 4 is 41.4 Å². The van der Waals surface area contributed by atoms with E-state index in [1.165, 1.54) is 44.7 Å². The maximum atomic E-state index is 14.2. The zero-order chi connectivity index (χ0) is 46.1. The Kier molecular flexibility index (Phi) is 20.7. The largest absolute Gasteiger partial charge is 0.449 e. The molecule has 336 valence electrons. The fourth-order valence-corrected chi connectivity index (χ4v) is 6.90. The number of likely N-dealkylation sites (N-methyl/N-ethyl adjacent to an activating group) is 2. The maximum absolute atomic E-state index is 14.2. The van der Waals surface area contributed by atoms with Crippen LogP contribution < -0.4 is 21.3 Å². The minimum atomic E-state index is -1.27. The van der Waals surface area contributed by atoms with Crippen molar-refractivity contribution in [1.29, 1.82) is 0 Å². The molecule has 17 heteroatoms. The number of nitrogens with zero attached hydrogens (tertiary/aromatic N) is 5. The van der Waals surface area contributed by atoms with Crippen molar-refractivity contribution in [2.75, 3.05) is 20.6 Å². The molecule has 0 radical (unpaired) electrons. The molecule has 0 saturated heterocycles. The van der Waals surface area contributed by atoms with Gasteiger partial charge in [0.15, 0.2) is 6.10 Å². The van der Waals surface area contributed by atoms with Gasteiger partial charge in [0, 0.05) is 37.0 Å². The Balaban J connectivity index is 2.68. The number of cyclic esters (lactones) is 1. The van der Waals surface area contributed by atoms with Gasteiger partial charge in [0.25, 0.3) is 5.91 Å². The van der Waals surface area contributed by atoms with Gasteiger partial charge in [-0.2, -0.15) is 0 Å². The molecule has 2 rings (SSSR count). The van der Waals surface area contributed by atoms with Crippen LogP contribution >= 0.6 is 0 Å². The lowest BCUT2D eigenvalue weighted by Gasteiger charge is -2.33. The first-order valence-electron chi connectivity index (χ1n) is 21.0. The third kappa shape index (κ3) is 15.4. The Bertz CT molecular complexity index is 1830. The lowest BCUT2D eigenvalue weighted by molar-refractivity contribution is -0.154. The van der Waals surface area contributed by atoms with Gasteiger partial charge < -0.3 is 35.8 Å². The minimum Gasteiger partial charge on any atom is -0.449 e. The number of carbonyl (C=O) groups is 7. The smallest absolute Gasteiger partial charge is 0.334 e. The molecule has 0 spiro atoms. The van der Waals surface area contributed by atoms with E-state index in [0.717, 1.165) is 11.1 Å². The molecule has 0 fully saturated rings. The zero-order valence-corrected chi connectivity index (χ0v) is 37.9. The van der Waals surface area contributed by atoms with E-state index in [4.69, 9.17) is 4.74 Å². The van der Waals surface area contributed by atoms with Gasteiger partial charge in [-0.05, 0) is 76.3 Å². The topological polar surface area (TPSA) is 232 Å². The lowest BCUT2D eigenvalue weighted by atomic mass is 9.87. The van der Waals surface area contributed by atoms with Crippen LogP contribution in [0.15, 0.2) is 58.7 Å². The molecule has 0 bridgehead atoms. The van der Waals surface area contributed by atoms with E-state index in [9.17, 15) is 39.1 Å². The summed E-state index contributed by atoms with van der Waals surface area (Å²) in [7, 11) is 2.85. The van der Waals surface area contributed by atoms with Gasteiger partial charge in [-0.3, -0.25) is 28.8 Å². The Morgan fingerprint density at radius 2 is 1.54 bits per heavy atom. The number of rotatable bonds is 8. The fourth-order valence-electron chi connectivity index (χ4n) is 6.90. The molecule has 61 heavy (non-hydrogen) atoms.